The lowest BCUT2D eigenvalue weighted by molar-refractivity contribution is -0.142. The summed E-state index contributed by atoms with van der Waals surface area (Å²) in [5.41, 5.74) is 0. The Bertz CT molecular complexity index is 303. The summed E-state index contributed by atoms with van der Waals surface area (Å²) < 4.78 is 0. The highest BCUT2D eigenvalue weighted by atomic mass is 16.2. The summed E-state index contributed by atoms with van der Waals surface area (Å²) in [4.78, 5) is 27.8. The number of piperazine rings is 1. The highest BCUT2D eigenvalue weighted by molar-refractivity contribution is 5.80. The SMILES string of the molecule is CCCC(=O)N1CCN(C(=O)C2CCCC2)CC1. The van der Waals surface area contributed by atoms with E-state index in [0.29, 0.717) is 12.3 Å². The molecular formula is C14H24N2O2. The molecule has 0 aromatic heterocycles. The predicted molar refractivity (Wildman–Crippen MR) is 70.0 cm³/mol. The first kappa shape index (κ1) is 13.4. The van der Waals surface area contributed by atoms with Gasteiger partial charge in [0.05, 0.1) is 0 Å². The Morgan fingerprint density at radius 3 is 2.11 bits per heavy atom. The van der Waals surface area contributed by atoms with Gasteiger partial charge < -0.3 is 9.80 Å². The molecule has 0 aromatic carbocycles. The number of nitrogens with zero attached hydrogens (tertiary/aromatic N) is 2. The van der Waals surface area contributed by atoms with Gasteiger partial charge in [-0.05, 0) is 19.3 Å². The predicted octanol–water partition coefficient (Wildman–Crippen LogP) is 1.65. The highest BCUT2D eigenvalue weighted by Crippen LogP contribution is 2.26. The zero-order valence-corrected chi connectivity index (χ0v) is 11.4. The number of hydrogen-bond donors (Lipinski definition) is 0. The van der Waals surface area contributed by atoms with E-state index in [1.54, 1.807) is 0 Å². The first-order valence-corrected chi connectivity index (χ1v) is 7.29. The molecule has 1 saturated heterocycles. The van der Waals surface area contributed by atoms with Crippen LogP contribution in [0.1, 0.15) is 45.4 Å². The standard InChI is InChI=1S/C14H24N2O2/c1-2-5-13(17)15-8-10-16(11-9-15)14(18)12-6-3-4-7-12/h12H,2-11H2,1H3. The second kappa shape index (κ2) is 6.21. The summed E-state index contributed by atoms with van der Waals surface area (Å²) in [5, 5.41) is 0. The first-order chi connectivity index (χ1) is 8.72. The summed E-state index contributed by atoms with van der Waals surface area (Å²) in [6, 6.07) is 0. The van der Waals surface area contributed by atoms with Crippen molar-refractivity contribution in [3.63, 3.8) is 0 Å². The van der Waals surface area contributed by atoms with Crippen LogP contribution in [-0.2, 0) is 9.59 Å². The fourth-order valence-electron chi connectivity index (χ4n) is 2.98. The molecule has 2 rings (SSSR count). The van der Waals surface area contributed by atoms with E-state index in [0.717, 1.165) is 45.4 Å². The fraction of sp³-hybridized carbons (Fsp3) is 0.857. The quantitative estimate of drug-likeness (QED) is 0.766. The van der Waals surface area contributed by atoms with Crippen LogP contribution in [0.3, 0.4) is 0 Å². The number of amides is 2. The van der Waals surface area contributed by atoms with Crippen molar-refractivity contribution in [1.82, 2.24) is 9.80 Å². The van der Waals surface area contributed by atoms with Crippen molar-refractivity contribution in [3.8, 4) is 0 Å². The van der Waals surface area contributed by atoms with Crippen molar-refractivity contribution < 1.29 is 9.59 Å². The van der Waals surface area contributed by atoms with Crippen LogP contribution < -0.4 is 0 Å². The second-order valence-electron chi connectivity index (χ2n) is 5.44. The minimum absolute atomic E-state index is 0.241. The smallest absolute Gasteiger partial charge is 0.225 e. The molecule has 0 bridgehead atoms. The van der Waals surface area contributed by atoms with E-state index in [2.05, 4.69) is 0 Å². The van der Waals surface area contributed by atoms with Crippen molar-refractivity contribution >= 4 is 11.8 Å². The molecule has 2 aliphatic rings. The van der Waals surface area contributed by atoms with Crippen molar-refractivity contribution in [2.45, 2.75) is 45.4 Å². The molecule has 4 nitrogen and oxygen atoms in total. The third-order valence-corrected chi connectivity index (χ3v) is 4.11. The monoisotopic (exact) mass is 252 g/mol. The van der Waals surface area contributed by atoms with E-state index in [1.807, 2.05) is 16.7 Å². The molecule has 0 radical (unpaired) electrons. The fourth-order valence-corrected chi connectivity index (χ4v) is 2.98. The van der Waals surface area contributed by atoms with Crippen LogP contribution in [0.5, 0.6) is 0 Å². The van der Waals surface area contributed by atoms with Crippen LogP contribution in [0, 0.1) is 5.92 Å². The van der Waals surface area contributed by atoms with Gasteiger partial charge in [-0.15, -0.1) is 0 Å². The van der Waals surface area contributed by atoms with Gasteiger partial charge in [0.25, 0.3) is 0 Å². The summed E-state index contributed by atoms with van der Waals surface area (Å²) in [6.45, 7) is 4.92. The van der Waals surface area contributed by atoms with Gasteiger partial charge in [-0.3, -0.25) is 9.59 Å². The van der Waals surface area contributed by atoms with Crippen LogP contribution in [0.25, 0.3) is 0 Å². The van der Waals surface area contributed by atoms with Gasteiger partial charge >= 0.3 is 0 Å². The summed E-state index contributed by atoms with van der Waals surface area (Å²) >= 11 is 0. The largest absolute Gasteiger partial charge is 0.339 e. The molecule has 0 spiro atoms. The lowest BCUT2D eigenvalue weighted by atomic mass is 10.1. The van der Waals surface area contributed by atoms with Crippen LogP contribution in [0.15, 0.2) is 0 Å². The van der Waals surface area contributed by atoms with E-state index in [4.69, 9.17) is 0 Å². The minimum Gasteiger partial charge on any atom is -0.339 e. The molecule has 1 saturated carbocycles. The minimum atomic E-state index is 0.241. The van der Waals surface area contributed by atoms with E-state index in [-0.39, 0.29) is 11.8 Å². The highest BCUT2D eigenvalue weighted by Gasteiger charge is 2.30. The van der Waals surface area contributed by atoms with Gasteiger partial charge in [-0.25, -0.2) is 0 Å². The molecule has 0 aromatic rings. The van der Waals surface area contributed by atoms with Gasteiger partial charge in [-0.1, -0.05) is 19.8 Å². The zero-order valence-electron chi connectivity index (χ0n) is 11.4. The Labute approximate surface area is 109 Å². The molecule has 1 aliphatic heterocycles. The Balaban J connectivity index is 1.79. The normalized spacial score (nSPS) is 21.4. The molecule has 4 heteroatoms. The number of carbonyl (C=O) groups is 2. The summed E-state index contributed by atoms with van der Waals surface area (Å²) in [7, 11) is 0. The van der Waals surface area contributed by atoms with E-state index < -0.39 is 0 Å². The third-order valence-electron chi connectivity index (χ3n) is 4.11. The maximum absolute atomic E-state index is 12.2. The molecule has 2 fully saturated rings. The summed E-state index contributed by atoms with van der Waals surface area (Å²) in [6.07, 6.45) is 6.06. The average molecular weight is 252 g/mol. The van der Waals surface area contributed by atoms with Crippen LogP contribution in [0.2, 0.25) is 0 Å². The van der Waals surface area contributed by atoms with E-state index in [9.17, 15) is 9.59 Å². The number of rotatable bonds is 3. The second-order valence-corrected chi connectivity index (χ2v) is 5.44. The van der Waals surface area contributed by atoms with E-state index in [1.165, 1.54) is 12.8 Å². The van der Waals surface area contributed by atoms with Gasteiger partial charge in [-0.2, -0.15) is 0 Å². The molecule has 18 heavy (non-hydrogen) atoms. The Hall–Kier alpha value is -1.06. The zero-order chi connectivity index (χ0) is 13.0. The maximum atomic E-state index is 12.2. The molecule has 1 aliphatic carbocycles. The summed E-state index contributed by atoms with van der Waals surface area (Å²) in [5.74, 6) is 0.837. The van der Waals surface area contributed by atoms with Crippen LogP contribution in [-0.4, -0.2) is 47.8 Å². The van der Waals surface area contributed by atoms with Gasteiger partial charge in [0.1, 0.15) is 0 Å². The third kappa shape index (κ3) is 3.03. The average Bonchev–Trinajstić information content (AvgIpc) is 2.92. The maximum Gasteiger partial charge on any atom is 0.225 e. The number of carbonyl (C=O) groups excluding carboxylic acids is 2. The topological polar surface area (TPSA) is 40.6 Å². The van der Waals surface area contributed by atoms with Crippen LogP contribution in [0.4, 0.5) is 0 Å². The molecule has 2 amide bonds. The van der Waals surface area contributed by atoms with Crippen molar-refractivity contribution in [1.29, 1.82) is 0 Å². The Morgan fingerprint density at radius 2 is 1.56 bits per heavy atom. The van der Waals surface area contributed by atoms with Crippen molar-refractivity contribution in [2.75, 3.05) is 26.2 Å². The lowest BCUT2D eigenvalue weighted by Crippen LogP contribution is -2.51. The Morgan fingerprint density at radius 1 is 1.00 bits per heavy atom. The Kier molecular flexibility index (Phi) is 4.61. The van der Waals surface area contributed by atoms with Gasteiger partial charge in [0.15, 0.2) is 0 Å². The van der Waals surface area contributed by atoms with Crippen LogP contribution >= 0.6 is 0 Å². The molecule has 1 heterocycles. The van der Waals surface area contributed by atoms with Crippen molar-refractivity contribution in [3.05, 3.63) is 0 Å². The van der Waals surface area contributed by atoms with Gasteiger partial charge in [0.2, 0.25) is 11.8 Å². The lowest BCUT2D eigenvalue weighted by Gasteiger charge is -2.36. The molecule has 0 N–H and O–H groups in total. The molecule has 0 unspecified atom stereocenters. The molecule has 102 valence electrons. The van der Waals surface area contributed by atoms with E-state index >= 15 is 0 Å². The number of hydrogen-bond acceptors (Lipinski definition) is 2. The van der Waals surface area contributed by atoms with Gasteiger partial charge in [0, 0.05) is 38.5 Å². The molecular weight excluding hydrogens is 228 g/mol. The first-order valence-electron chi connectivity index (χ1n) is 7.29. The molecule has 0 atom stereocenters. The van der Waals surface area contributed by atoms with Crippen molar-refractivity contribution in [2.24, 2.45) is 5.92 Å².